The highest BCUT2D eigenvalue weighted by molar-refractivity contribution is 6.22. The van der Waals surface area contributed by atoms with Crippen LogP contribution in [0.15, 0.2) is 18.2 Å². The average molecular weight is 317 g/mol. The van der Waals surface area contributed by atoms with Gasteiger partial charge in [-0.05, 0) is 31.5 Å². The van der Waals surface area contributed by atoms with Crippen molar-refractivity contribution in [2.45, 2.75) is 32.7 Å². The fourth-order valence-electron chi connectivity index (χ4n) is 2.50. The summed E-state index contributed by atoms with van der Waals surface area (Å²) in [6.07, 6.45) is 1.67. The Bertz CT molecular complexity index is 642. The summed E-state index contributed by atoms with van der Waals surface area (Å²) in [6, 6.07) is 4.57. The molecule has 23 heavy (non-hydrogen) atoms. The van der Waals surface area contributed by atoms with Gasteiger partial charge in [0.2, 0.25) is 0 Å². The molecule has 1 aromatic carbocycles. The number of benzene rings is 1. The van der Waals surface area contributed by atoms with Gasteiger partial charge in [0.05, 0.1) is 11.1 Å². The molecule has 124 valence electrons. The first kappa shape index (κ1) is 17.1. The Morgan fingerprint density at radius 1 is 1.26 bits per heavy atom. The lowest BCUT2D eigenvalue weighted by molar-refractivity contribution is 0.0651. The van der Waals surface area contributed by atoms with Crippen LogP contribution in [0.3, 0.4) is 0 Å². The molecule has 1 heterocycles. The smallest absolute Gasteiger partial charge is 0.261 e. The van der Waals surface area contributed by atoms with Crippen LogP contribution in [-0.2, 0) is 0 Å². The number of unbranched alkanes of at least 4 members (excludes halogenated alkanes) is 1. The third-order valence-electron chi connectivity index (χ3n) is 4.28. The zero-order valence-electron chi connectivity index (χ0n) is 13.8. The van der Waals surface area contributed by atoms with Gasteiger partial charge in [0.25, 0.3) is 17.7 Å². The van der Waals surface area contributed by atoms with Crippen LogP contribution < -0.4 is 5.73 Å². The van der Waals surface area contributed by atoms with E-state index in [1.165, 1.54) is 15.9 Å². The van der Waals surface area contributed by atoms with E-state index in [1.54, 1.807) is 19.2 Å². The molecule has 0 spiro atoms. The zero-order valence-corrected chi connectivity index (χ0v) is 13.8. The molecule has 1 atom stereocenters. The molecule has 0 radical (unpaired) electrons. The van der Waals surface area contributed by atoms with Gasteiger partial charge >= 0.3 is 0 Å². The molecule has 0 saturated heterocycles. The van der Waals surface area contributed by atoms with Gasteiger partial charge in [0.15, 0.2) is 0 Å². The molecular formula is C17H23N3O3. The maximum atomic E-state index is 12.4. The number of imide groups is 1. The molecule has 2 rings (SSSR count). The maximum Gasteiger partial charge on any atom is 0.261 e. The van der Waals surface area contributed by atoms with Gasteiger partial charge in [-0.2, -0.15) is 0 Å². The Morgan fingerprint density at radius 2 is 1.91 bits per heavy atom. The van der Waals surface area contributed by atoms with Crippen molar-refractivity contribution in [1.29, 1.82) is 0 Å². The molecule has 6 nitrogen and oxygen atoms in total. The average Bonchev–Trinajstić information content (AvgIpc) is 2.81. The second kappa shape index (κ2) is 6.91. The van der Waals surface area contributed by atoms with Crippen molar-refractivity contribution in [1.82, 2.24) is 9.80 Å². The summed E-state index contributed by atoms with van der Waals surface area (Å²) in [5.74, 6) is -0.804. The van der Waals surface area contributed by atoms with Crippen molar-refractivity contribution in [2.75, 3.05) is 20.1 Å². The number of fused-ring (bicyclic) bond motifs is 1. The molecule has 3 amide bonds. The van der Waals surface area contributed by atoms with Crippen LogP contribution in [0.4, 0.5) is 0 Å². The van der Waals surface area contributed by atoms with Crippen molar-refractivity contribution in [3.05, 3.63) is 34.9 Å². The summed E-state index contributed by atoms with van der Waals surface area (Å²) < 4.78 is 0. The lowest BCUT2D eigenvalue weighted by Gasteiger charge is -2.23. The summed E-state index contributed by atoms with van der Waals surface area (Å²) in [4.78, 5) is 39.9. The zero-order chi connectivity index (χ0) is 17.1. The van der Waals surface area contributed by atoms with E-state index in [2.05, 4.69) is 0 Å². The Kier molecular flexibility index (Phi) is 5.15. The molecule has 2 N–H and O–H groups in total. The van der Waals surface area contributed by atoms with E-state index in [9.17, 15) is 14.4 Å². The van der Waals surface area contributed by atoms with Gasteiger partial charge in [-0.25, -0.2) is 0 Å². The monoisotopic (exact) mass is 317 g/mol. The molecule has 6 heteroatoms. The molecule has 0 saturated carbocycles. The number of hydrogen-bond donors (Lipinski definition) is 1. The third kappa shape index (κ3) is 3.12. The number of carbonyl (C=O) groups is 3. The van der Waals surface area contributed by atoms with E-state index >= 15 is 0 Å². The fourth-order valence-corrected chi connectivity index (χ4v) is 2.50. The number of nitrogens with zero attached hydrogens (tertiary/aromatic N) is 2. The highest BCUT2D eigenvalue weighted by atomic mass is 16.2. The first-order chi connectivity index (χ1) is 10.9. The summed E-state index contributed by atoms with van der Waals surface area (Å²) in [6.45, 7) is 4.63. The summed E-state index contributed by atoms with van der Waals surface area (Å²) >= 11 is 0. The first-order valence-corrected chi connectivity index (χ1v) is 7.89. The first-order valence-electron chi connectivity index (χ1n) is 7.89. The molecule has 1 aliphatic heterocycles. The molecule has 1 unspecified atom stereocenters. The van der Waals surface area contributed by atoms with E-state index in [-0.39, 0.29) is 23.8 Å². The van der Waals surface area contributed by atoms with Crippen molar-refractivity contribution in [2.24, 2.45) is 5.73 Å². The molecular weight excluding hydrogens is 294 g/mol. The molecule has 0 bridgehead atoms. The van der Waals surface area contributed by atoms with Crippen LogP contribution in [0.1, 0.15) is 57.8 Å². The summed E-state index contributed by atoms with van der Waals surface area (Å²) in [5, 5.41) is 0. The largest absolute Gasteiger partial charge is 0.338 e. The fraction of sp³-hybridized carbons (Fsp3) is 0.471. The normalized spacial score (nSPS) is 14.9. The van der Waals surface area contributed by atoms with Crippen LogP contribution >= 0.6 is 0 Å². The minimum absolute atomic E-state index is 0.103. The quantitative estimate of drug-likeness (QED) is 0.806. The van der Waals surface area contributed by atoms with Crippen LogP contribution in [0.25, 0.3) is 0 Å². The van der Waals surface area contributed by atoms with Gasteiger partial charge < -0.3 is 10.6 Å². The predicted octanol–water partition coefficient (Wildman–Crippen LogP) is 1.50. The lowest BCUT2D eigenvalue weighted by atomic mass is 10.0. The standard InChI is InChI=1S/C17H23N3O3/c1-4-5-8-20-16(22)13-7-6-12(9-14(13)17(20)23)15(21)19(3)11(2)10-18/h6-7,9,11H,4-5,8,10,18H2,1-3H3. The van der Waals surface area contributed by atoms with Crippen molar-refractivity contribution in [3.63, 3.8) is 0 Å². The van der Waals surface area contributed by atoms with Crippen molar-refractivity contribution < 1.29 is 14.4 Å². The summed E-state index contributed by atoms with van der Waals surface area (Å²) in [5.41, 5.74) is 6.66. The van der Waals surface area contributed by atoms with E-state index in [0.29, 0.717) is 29.8 Å². The third-order valence-corrected chi connectivity index (χ3v) is 4.28. The topological polar surface area (TPSA) is 83.7 Å². The number of carbonyl (C=O) groups excluding carboxylic acids is 3. The number of hydrogen-bond acceptors (Lipinski definition) is 4. The Labute approximate surface area is 136 Å². The van der Waals surface area contributed by atoms with E-state index in [1.807, 2.05) is 13.8 Å². The Morgan fingerprint density at radius 3 is 2.52 bits per heavy atom. The second-order valence-corrected chi connectivity index (χ2v) is 5.88. The Hall–Kier alpha value is -2.21. The lowest BCUT2D eigenvalue weighted by Crippen LogP contribution is -2.39. The van der Waals surface area contributed by atoms with Crippen molar-refractivity contribution >= 4 is 17.7 Å². The molecule has 0 aromatic heterocycles. The summed E-state index contributed by atoms with van der Waals surface area (Å²) in [7, 11) is 1.67. The van der Waals surface area contributed by atoms with Crippen LogP contribution in [0.5, 0.6) is 0 Å². The Balaban J connectivity index is 2.28. The van der Waals surface area contributed by atoms with Gasteiger partial charge in [-0.15, -0.1) is 0 Å². The number of rotatable bonds is 6. The maximum absolute atomic E-state index is 12.4. The van der Waals surface area contributed by atoms with Gasteiger partial charge in [0.1, 0.15) is 0 Å². The highest BCUT2D eigenvalue weighted by Crippen LogP contribution is 2.25. The molecule has 0 aliphatic carbocycles. The SMILES string of the molecule is CCCCN1C(=O)c2ccc(C(=O)N(C)C(C)CN)cc2C1=O. The molecule has 0 fully saturated rings. The number of nitrogens with two attached hydrogens (primary N) is 1. The van der Waals surface area contributed by atoms with Crippen LogP contribution in [0, 0.1) is 0 Å². The molecule has 1 aliphatic rings. The highest BCUT2D eigenvalue weighted by Gasteiger charge is 2.35. The minimum Gasteiger partial charge on any atom is -0.338 e. The second-order valence-electron chi connectivity index (χ2n) is 5.88. The van der Waals surface area contributed by atoms with E-state index < -0.39 is 0 Å². The number of likely N-dealkylation sites (N-methyl/N-ethyl adjacent to an activating group) is 1. The van der Waals surface area contributed by atoms with Crippen LogP contribution in [-0.4, -0.2) is 53.7 Å². The predicted molar refractivity (Wildman–Crippen MR) is 87.3 cm³/mol. The van der Waals surface area contributed by atoms with Crippen LogP contribution in [0.2, 0.25) is 0 Å². The number of amides is 3. The van der Waals surface area contributed by atoms with Gasteiger partial charge in [0, 0.05) is 31.7 Å². The van der Waals surface area contributed by atoms with Gasteiger partial charge in [-0.1, -0.05) is 13.3 Å². The van der Waals surface area contributed by atoms with E-state index in [0.717, 1.165) is 12.8 Å². The minimum atomic E-state index is -0.317. The van der Waals surface area contributed by atoms with Gasteiger partial charge in [-0.3, -0.25) is 19.3 Å². The van der Waals surface area contributed by atoms with E-state index in [4.69, 9.17) is 5.73 Å². The molecule has 1 aromatic rings. The van der Waals surface area contributed by atoms with Crippen molar-refractivity contribution in [3.8, 4) is 0 Å².